The van der Waals surface area contributed by atoms with Gasteiger partial charge in [0.1, 0.15) is 0 Å². The lowest BCUT2D eigenvalue weighted by molar-refractivity contribution is -0.124. The number of anilines is 1. The van der Waals surface area contributed by atoms with Crippen LogP contribution >= 0.6 is 36.2 Å². The summed E-state index contributed by atoms with van der Waals surface area (Å²) in [6.07, 6.45) is 3.28. The first-order valence-corrected chi connectivity index (χ1v) is 8.48. The number of amides is 1. The summed E-state index contributed by atoms with van der Waals surface area (Å²) >= 11 is 1.69. The van der Waals surface area contributed by atoms with Gasteiger partial charge < -0.3 is 16.0 Å². The summed E-state index contributed by atoms with van der Waals surface area (Å²) in [5.74, 6) is -0.0857. The number of hydrogen-bond donors (Lipinski definition) is 2. The minimum Gasteiger partial charge on any atom is -0.354 e. The highest BCUT2D eigenvalue weighted by Crippen LogP contribution is 2.24. The van der Waals surface area contributed by atoms with E-state index < -0.39 is 6.04 Å². The third-order valence-corrected chi connectivity index (χ3v) is 4.76. The maximum Gasteiger partial charge on any atom is 0.237 e. The normalized spacial score (nSPS) is 15.6. The molecule has 0 aromatic carbocycles. The Morgan fingerprint density at radius 3 is 2.57 bits per heavy atom. The van der Waals surface area contributed by atoms with E-state index in [0.717, 1.165) is 30.3 Å². The number of carbonyl (C=O) groups is 1. The molecule has 5 nitrogen and oxygen atoms in total. The van der Waals surface area contributed by atoms with Crippen LogP contribution in [-0.4, -0.2) is 36.6 Å². The maximum absolute atomic E-state index is 11.9. The number of hydrogen-bond acceptors (Lipinski definition) is 5. The standard InChI is InChI=1S/C15H26N4OS.2ClH/c1-15(2,3)12(16)13(20)17-7-6-11-10-21-14(18-11)19-8-4-5-9-19;;/h10,12H,4-9,16H2,1-3H3,(H,17,20);2*1H/t12-;;/m1../s1. The molecular formula is C15H28Cl2N4OS. The Hall–Kier alpha value is -0.560. The van der Waals surface area contributed by atoms with Crippen LogP contribution in [0, 0.1) is 5.41 Å². The summed E-state index contributed by atoms with van der Waals surface area (Å²) in [7, 11) is 0. The fourth-order valence-electron chi connectivity index (χ4n) is 2.28. The van der Waals surface area contributed by atoms with Gasteiger partial charge >= 0.3 is 0 Å². The molecule has 1 aromatic heterocycles. The van der Waals surface area contributed by atoms with Gasteiger partial charge in [0.25, 0.3) is 0 Å². The number of nitrogens with zero attached hydrogens (tertiary/aromatic N) is 2. The Labute approximate surface area is 155 Å². The fourth-order valence-corrected chi connectivity index (χ4v) is 3.20. The fraction of sp³-hybridized carbons (Fsp3) is 0.733. The van der Waals surface area contributed by atoms with E-state index in [9.17, 15) is 4.79 Å². The Bertz CT molecular complexity index is 484. The molecule has 134 valence electrons. The van der Waals surface area contributed by atoms with Crippen LogP contribution in [0.4, 0.5) is 5.13 Å². The Morgan fingerprint density at radius 2 is 2.00 bits per heavy atom. The molecule has 2 heterocycles. The first-order valence-electron chi connectivity index (χ1n) is 7.60. The summed E-state index contributed by atoms with van der Waals surface area (Å²) in [5, 5.41) is 6.10. The molecular weight excluding hydrogens is 355 g/mol. The molecule has 0 unspecified atom stereocenters. The highest BCUT2D eigenvalue weighted by molar-refractivity contribution is 7.13. The van der Waals surface area contributed by atoms with Gasteiger partial charge in [-0.3, -0.25) is 4.79 Å². The molecule has 0 aliphatic carbocycles. The van der Waals surface area contributed by atoms with Crippen LogP contribution in [0.3, 0.4) is 0 Å². The minimum absolute atomic E-state index is 0. The Morgan fingerprint density at radius 1 is 1.39 bits per heavy atom. The molecule has 3 N–H and O–H groups in total. The molecule has 2 rings (SSSR count). The molecule has 0 bridgehead atoms. The van der Waals surface area contributed by atoms with Gasteiger partial charge in [0.2, 0.25) is 5.91 Å². The predicted molar refractivity (Wildman–Crippen MR) is 102 cm³/mol. The van der Waals surface area contributed by atoms with E-state index in [1.54, 1.807) is 11.3 Å². The number of thiazole rings is 1. The lowest BCUT2D eigenvalue weighted by atomic mass is 9.87. The second-order valence-electron chi connectivity index (χ2n) is 6.70. The average Bonchev–Trinajstić information content (AvgIpc) is 3.06. The number of aromatic nitrogens is 1. The summed E-state index contributed by atoms with van der Waals surface area (Å²) < 4.78 is 0. The number of carbonyl (C=O) groups excluding carboxylic acids is 1. The molecule has 23 heavy (non-hydrogen) atoms. The second kappa shape index (κ2) is 9.67. The highest BCUT2D eigenvalue weighted by atomic mass is 35.5. The lowest BCUT2D eigenvalue weighted by Gasteiger charge is -2.25. The van der Waals surface area contributed by atoms with E-state index in [1.165, 1.54) is 12.8 Å². The van der Waals surface area contributed by atoms with Crippen LogP contribution in [-0.2, 0) is 11.2 Å². The zero-order valence-corrected chi connectivity index (χ0v) is 16.5. The van der Waals surface area contributed by atoms with Crippen molar-refractivity contribution in [3.8, 4) is 0 Å². The van der Waals surface area contributed by atoms with E-state index in [1.807, 2.05) is 20.8 Å². The molecule has 1 aliphatic rings. The van der Waals surface area contributed by atoms with Crippen LogP contribution in [0.25, 0.3) is 0 Å². The second-order valence-corrected chi connectivity index (χ2v) is 7.54. The van der Waals surface area contributed by atoms with E-state index in [0.29, 0.717) is 6.54 Å². The van der Waals surface area contributed by atoms with Crippen molar-refractivity contribution in [1.82, 2.24) is 10.3 Å². The molecule has 1 saturated heterocycles. The maximum atomic E-state index is 11.9. The van der Waals surface area contributed by atoms with Gasteiger partial charge in [-0.15, -0.1) is 36.2 Å². The zero-order chi connectivity index (χ0) is 15.5. The summed E-state index contributed by atoms with van der Waals surface area (Å²) in [5.41, 5.74) is 6.76. The summed E-state index contributed by atoms with van der Waals surface area (Å²) in [6.45, 7) is 8.74. The van der Waals surface area contributed by atoms with E-state index in [4.69, 9.17) is 5.73 Å². The van der Waals surface area contributed by atoms with Crippen molar-refractivity contribution >= 4 is 47.2 Å². The third kappa shape index (κ3) is 6.45. The lowest BCUT2D eigenvalue weighted by Crippen LogP contribution is -2.49. The van der Waals surface area contributed by atoms with Crippen LogP contribution in [0.1, 0.15) is 39.3 Å². The van der Waals surface area contributed by atoms with Crippen molar-refractivity contribution in [3.05, 3.63) is 11.1 Å². The summed E-state index contributed by atoms with van der Waals surface area (Å²) in [4.78, 5) is 18.9. The summed E-state index contributed by atoms with van der Waals surface area (Å²) in [6, 6.07) is -0.479. The number of nitrogens with two attached hydrogens (primary N) is 1. The largest absolute Gasteiger partial charge is 0.354 e. The van der Waals surface area contributed by atoms with Gasteiger partial charge in [-0.1, -0.05) is 20.8 Å². The topological polar surface area (TPSA) is 71.2 Å². The average molecular weight is 383 g/mol. The number of nitrogens with one attached hydrogen (secondary N) is 1. The van der Waals surface area contributed by atoms with Gasteiger partial charge in [-0.05, 0) is 18.3 Å². The molecule has 8 heteroatoms. The number of rotatable bonds is 5. The third-order valence-electron chi connectivity index (χ3n) is 3.81. The van der Waals surface area contributed by atoms with Gasteiger partial charge in [-0.2, -0.15) is 0 Å². The van der Waals surface area contributed by atoms with E-state index >= 15 is 0 Å². The molecule has 1 fully saturated rings. The molecule has 1 amide bonds. The van der Waals surface area contributed by atoms with Gasteiger partial charge in [0.15, 0.2) is 5.13 Å². The molecule has 0 spiro atoms. The molecule has 1 aromatic rings. The van der Waals surface area contributed by atoms with Crippen molar-refractivity contribution < 1.29 is 4.79 Å². The molecule has 0 radical (unpaired) electrons. The van der Waals surface area contributed by atoms with Crippen molar-refractivity contribution in [2.45, 2.75) is 46.1 Å². The first-order chi connectivity index (χ1) is 9.88. The van der Waals surface area contributed by atoms with E-state index in [-0.39, 0.29) is 36.1 Å². The predicted octanol–water partition coefficient (Wildman–Crippen LogP) is 2.62. The van der Waals surface area contributed by atoms with Crippen molar-refractivity contribution in [2.75, 3.05) is 24.5 Å². The van der Waals surface area contributed by atoms with Crippen molar-refractivity contribution in [3.63, 3.8) is 0 Å². The van der Waals surface area contributed by atoms with Crippen LogP contribution < -0.4 is 16.0 Å². The SMILES string of the molecule is CC(C)(C)[C@H](N)C(=O)NCCc1csc(N2CCCC2)n1.Cl.Cl. The monoisotopic (exact) mass is 382 g/mol. The molecule has 1 aliphatic heterocycles. The van der Waals surface area contributed by atoms with Gasteiger partial charge in [-0.25, -0.2) is 4.98 Å². The van der Waals surface area contributed by atoms with E-state index in [2.05, 4.69) is 20.6 Å². The first kappa shape index (κ1) is 22.4. The van der Waals surface area contributed by atoms with Crippen LogP contribution in [0.15, 0.2) is 5.38 Å². The minimum atomic E-state index is -0.479. The Balaban J connectivity index is 0.00000242. The van der Waals surface area contributed by atoms with Crippen LogP contribution in [0.5, 0.6) is 0 Å². The van der Waals surface area contributed by atoms with Crippen molar-refractivity contribution in [2.24, 2.45) is 11.1 Å². The van der Waals surface area contributed by atoms with Crippen LogP contribution in [0.2, 0.25) is 0 Å². The van der Waals surface area contributed by atoms with Gasteiger partial charge in [0.05, 0.1) is 11.7 Å². The van der Waals surface area contributed by atoms with Gasteiger partial charge in [0, 0.05) is 31.4 Å². The Kier molecular flexibility index (Phi) is 9.43. The number of halogens is 2. The quantitative estimate of drug-likeness (QED) is 0.820. The molecule has 1 atom stereocenters. The zero-order valence-electron chi connectivity index (χ0n) is 14.0. The van der Waals surface area contributed by atoms with Crippen molar-refractivity contribution in [1.29, 1.82) is 0 Å². The smallest absolute Gasteiger partial charge is 0.237 e. The highest BCUT2D eigenvalue weighted by Gasteiger charge is 2.27. The molecule has 0 saturated carbocycles.